The molecule has 3 aromatic rings. The lowest BCUT2D eigenvalue weighted by molar-refractivity contribution is -0.118. The largest absolute Gasteiger partial charge is 0.483 e. The van der Waals surface area contributed by atoms with Gasteiger partial charge < -0.3 is 10.1 Å². The maximum absolute atomic E-state index is 12.4. The van der Waals surface area contributed by atoms with Crippen LogP contribution < -0.4 is 15.4 Å². The third kappa shape index (κ3) is 4.31. The highest BCUT2D eigenvalue weighted by atomic mass is 79.9. The molecule has 1 aromatic heterocycles. The van der Waals surface area contributed by atoms with Crippen LogP contribution in [-0.2, 0) is 9.59 Å². The molecule has 154 valence electrons. The van der Waals surface area contributed by atoms with Crippen molar-refractivity contribution in [3.63, 3.8) is 0 Å². The first-order valence-corrected chi connectivity index (χ1v) is 10.3. The molecule has 1 atom stereocenters. The summed E-state index contributed by atoms with van der Waals surface area (Å²) in [5.41, 5.74) is 2.23. The highest BCUT2D eigenvalue weighted by Gasteiger charge is 2.30. The summed E-state index contributed by atoms with van der Waals surface area (Å²) >= 11 is 9.55. The molecule has 0 bridgehead atoms. The molecular weight excluding hydrogens is 474 g/mol. The number of hydrogen-bond acceptors (Lipinski definition) is 5. The van der Waals surface area contributed by atoms with Gasteiger partial charge in [0.25, 0.3) is 5.91 Å². The lowest BCUT2D eigenvalue weighted by atomic mass is 10.0. The van der Waals surface area contributed by atoms with E-state index in [0.717, 1.165) is 15.6 Å². The Labute approximate surface area is 185 Å². The van der Waals surface area contributed by atoms with Crippen LogP contribution in [0.1, 0.15) is 23.6 Å². The SMILES string of the molecule is Cc1ccc(NC(=O)COc2ccc(Br)cc2[C@@H]2CC(=O)Nc3ncnn32)cc1Cl. The van der Waals surface area contributed by atoms with Crippen molar-refractivity contribution >= 4 is 51.0 Å². The van der Waals surface area contributed by atoms with Crippen molar-refractivity contribution < 1.29 is 14.3 Å². The molecule has 2 heterocycles. The average Bonchev–Trinajstić information content (AvgIpc) is 3.17. The number of rotatable bonds is 5. The molecular formula is C20H17BrClN5O3. The standard InChI is InChI=1S/C20H17BrClN5O3/c1-11-2-4-13(7-15(11)22)25-19(29)9-30-17-5-3-12(21)6-14(17)16-8-18(28)26-20-23-10-24-27(16)20/h2-7,10,16H,8-9H2,1H3,(H,25,29)(H,23,24,26,28)/t16-/m0/s1. The zero-order chi connectivity index (χ0) is 21.3. The number of benzene rings is 2. The van der Waals surface area contributed by atoms with E-state index in [-0.39, 0.29) is 24.8 Å². The van der Waals surface area contributed by atoms with E-state index in [1.165, 1.54) is 6.33 Å². The quantitative estimate of drug-likeness (QED) is 0.564. The molecule has 8 nitrogen and oxygen atoms in total. The highest BCUT2D eigenvalue weighted by molar-refractivity contribution is 9.10. The van der Waals surface area contributed by atoms with Gasteiger partial charge in [0.05, 0.1) is 12.5 Å². The molecule has 30 heavy (non-hydrogen) atoms. The second kappa shape index (κ2) is 8.45. The highest BCUT2D eigenvalue weighted by Crippen LogP contribution is 2.36. The first-order valence-electron chi connectivity index (χ1n) is 9.08. The fraction of sp³-hybridized carbons (Fsp3) is 0.200. The smallest absolute Gasteiger partial charge is 0.262 e. The molecule has 1 aliphatic heterocycles. The van der Waals surface area contributed by atoms with Gasteiger partial charge in [-0.05, 0) is 42.8 Å². The summed E-state index contributed by atoms with van der Waals surface area (Å²) in [6, 6.07) is 10.3. The predicted molar refractivity (Wildman–Crippen MR) is 116 cm³/mol. The van der Waals surface area contributed by atoms with Crippen LogP contribution in [0, 0.1) is 6.92 Å². The zero-order valence-corrected chi connectivity index (χ0v) is 18.2. The number of carbonyl (C=O) groups is 2. The number of fused-ring (bicyclic) bond motifs is 1. The molecule has 10 heteroatoms. The van der Waals surface area contributed by atoms with Crippen molar-refractivity contribution in [3.05, 3.63) is 63.3 Å². The summed E-state index contributed by atoms with van der Waals surface area (Å²) < 4.78 is 8.25. The maximum Gasteiger partial charge on any atom is 0.262 e. The summed E-state index contributed by atoms with van der Waals surface area (Å²) in [5, 5.41) is 10.2. The summed E-state index contributed by atoms with van der Waals surface area (Å²) in [6.45, 7) is 1.68. The Morgan fingerprint density at radius 3 is 3.00 bits per heavy atom. The van der Waals surface area contributed by atoms with Gasteiger partial charge in [0, 0.05) is 20.7 Å². The van der Waals surface area contributed by atoms with E-state index in [9.17, 15) is 9.59 Å². The molecule has 2 N–H and O–H groups in total. The van der Waals surface area contributed by atoms with Gasteiger partial charge in [-0.15, -0.1) is 0 Å². The van der Waals surface area contributed by atoms with Crippen LogP contribution in [0.5, 0.6) is 5.75 Å². The monoisotopic (exact) mass is 489 g/mol. The Hall–Kier alpha value is -2.91. The minimum atomic E-state index is -0.400. The molecule has 0 saturated carbocycles. The number of amides is 2. The number of halogens is 2. The van der Waals surface area contributed by atoms with Gasteiger partial charge >= 0.3 is 0 Å². The Bertz CT molecular complexity index is 1130. The van der Waals surface area contributed by atoms with Gasteiger partial charge in [-0.2, -0.15) is 10.1 Å². The summed E-state index contributed by atoms with van der Waals surface area (Å²) in [4.78, 5) is 28.5. The molecule has 2 aromatic carbocycles. The summed E-state index contributed by atoms with van der Waals surface area (Å²) in [6.07, 6.45) is 1.56. The number of aryl methyl sites for hydroxylation is 1. The first-order chi connectivity index (χ1) is 14.4. The van der Waals surface area contributed by atoms with Crippen molar-refractivity contribution in [2.24, 2.45) is 0 Å². The minimum absolute atomic E-state index is 0.166. The normalized spacial score (nSPS) is 15.3. The van der Waals surface area contributed by atoms with E-state index < -0.39 is 6.04 Å². The van der Waals surface area contributed by atoms with Crippen LogP contribution in [0.3, 0.4) is 0 Å². The summed E-state index contributed by atoms with van der Waals surface area (Å²) in [7, 11) is 0. The van der Waals surface area contributed by atoms with Gasteiger partial charge in [0.2, 0.25) is 11.9 Å². The van der Waals surface area contributed by atoms with Crippen molar-refractivity contribution in [3.8, 4) is 5.75 Å². The van der Waals surface area contributed by atoms with Crippen LogP contribution in [-0.4, -0.2) is 33.2 Å². The van der Waals surface area contributed by atoms with Gasteiger partial charge in [0.1, 0.15) is 12.1 Å². The van der Waals surface area contributed by atoms with E-state index in [1.54, 1.807) is 22.9 Å². The number of hydrogen-bond donors (Lipinski definition) is 2. The Kier molecular flexibility index (Phi) is 5.74. The molecule has 2 amide bonds. The van der Waals surface area contributed by atoms with E-state index in [4.69, 9.17) is 16.3 Å². The molecule has 0 aliphatic carbocycles. The van der Waals surface area contributed by atoms with Crippen molar-refractivity contribution in [2.45, 2.75) is 19.4 Å². The van der Waals surface area contributed by atoms with Gasteiger partial charge in [-0.1, -0.05) is 33.6 Å². The van der Waals surface area contributed by atoms with E-state index >= 15 is 0 Å². The van der Waals surface area contributed by atoms with E-state index in [0.29, 0.717) is 22.4 Å². The number of nitrogens with one attached hydrogen (secondary N) is 2. The van der Waals surface area contributed by atoms with E-state index in [2.05, 4.69) is 36.6 Å². The number of anilines is 2. The lowest BCUT2D eigenvalue weighted by Gasteiger charge is -2.25. The van der Waals surface area contributed by atoms with Crippen LogP contribution >= 0.6 is 27.5 Å². The van der Waals surface area contributed by atoms with Crippen LogP contribution in [0.15, 0.2) is 47.2 Å². The van der Waals surface area contributed by atoms with Crippen LogP contribution in [0.2, 0.25) is 5.02 Å². The Balaban J connectivity index is 1.52. The molecule has 0 radical (unpaired) electrons. The molecule has 0 fully saturated rings. The number of nitrogens with zero attached hydrogens (tertiary/aromatic N) is 3. The van der Waals surface area contributed by atoms with Crippen molar-refractivity contribution in [2.75, 3.05) is 17.2 Å². The third-order valence-corrected chi connectivity index (χ3v) is 5.54. The minimum Gasteiger partial charge on any atom is -0.483 e. The van der Waals surface area contributed by atoms with E-state index in [1.807, 2.05) is 25.1 Å². The van der Waals surface area contributed by atoms with Crippen LogP contribution in [0.4, 0.5) is 11.6 Å². The zero-order valence-electron chi connectivity index (χ0n) is 15.9. The lowest BCUT2D eigenvalue weighted by Crippen LogP contribution is -2.30. The second-order valence-corrected chi connectivity index (χ2v) is 8.10. The molecule has 0 unspecified atom stereocenters. The molecule has 0 saturated heterocycles. The van der Waals surface area contributed by atoms with Crippen LogP contribution in [0.25, 0.3) is 0 Å². The number of carbonyl (C=O) groups excluding carboxylic acids is 2. The van der Waals surface area contributed by atoms with Crippen molar-refractivity contribution in [1.82, 2.24) is 14.8 Å². The maximum atomic E-state index is 12.4. The second-order valence-electron chi connectivity index (χ2n) is 6.78. The fourth-order valence-electron chi connectivity index (χ4n) is 3.17. The summed E-state index contributed by atoms with van der Waals surface area (Å²) in [5.74, 6) is 0.361. The Morgan fingerprint density at radius 1 is 1.37 bits per heavy atom. The van der Waals surface area contributed by atoms with Gasteiger partial charge in [-0.3, -0.25) is 14.9 Å². The van der Waals surface area contributed by atoms with Gasteiger partial charge in [0.15, 0.2) is 6.61 Å². The third-order valence-electron chi connectivity index (χ3n) is 4.64. The molecule has 4 rings (SSSR count). The van der Waals surface area contributed by atoms with Crippen molar-refractivity contribution in [1.29, 1.82) is 0 Å². The number of ether oxygens (including phenoxy) is 1. The molecule has 0 spiro atoms. The number of aromatic nitrogens is 3. The van der Waals surface area contributed by atoms with Gasteiger partial charge in [-0.25, -0.2) is 4.68 Å². The predicted octanol–water partition coefficient (Wildman–Crippen LogP) is 3.95. The Morgan fingerprint density at radius 2 is 2.20 bits per heavy atom. The first kappa shape index (κ1) is 20.4. The average molecular weight is 491 g/mol. The topological polar surface area (TPSA) is 98.1 Å². The fourth-order valence-corrected chi connectivity index (χ4v) is 3.73. The molecule has 1 aliphatic rings.